The Morgan fingerprint density at radius 3 is 2.25 bits per heavy atom. The summed E-state index contributed by atoms with van der Waals surface area (Å²) in [5, 5.41) is 19.0. The van der Waals surface area contributed by atoms with E-state index < -0.39 is 0 Å². The molecular formula is C10H14O2. The molecule has 0 radical (unpaired) electrons. The van der Waals surface area contributed by atoms with E-state index in [1.807, 2.05) is 19.9 Å². The fourth-order valence-electron chi connectivity index (χ4n) is 1.32. The molecule has 66 valence electrons. The maximum Gasteiger partial charge on any atom is 0.125 e. The predicted molar refractivity (Wildman–Crippen MR) is 48.6 cm³/mol. The van der Waals surface area contributed by atoms with Crippen molar-refractivity contribution in [2.75, 3.05) is 0 Å². The second kappa shape index (κ2) is 3.05. The van der Waals surface area contributed by atoms with Crippen LogP contribution in [0.3, 0.4) is 0 Å². The molecule has 2 heteroatoms. The van der Waals surface area contributed by atoms with Crippen molar-refractivity contribution in [3.8, 4) is 11.5 Å². The van der Waals surface area contributed by atoms with Crippen molar-refractivity contribution in [2.45, 2.75) is 27.2 Å². The second-order valence-corrected chi connectivity index (χ2v) is 3.03. The van der Waals surface area contributed by atoms with Crippen LogP contribution in [-0.2, 0) is 6.42 Å². The van der Waals surface area contributed by atoms with Crippen molar-refractivity contribution in [2.24, 2.45) is 0 Å². The van der Waals surface area contributed by atoms with Crippen molar-refractivity contribution in [3.63, 3.8) is 0 Å². The van der Waals surface area contributed by atoms with Crippen molar-refractivity contribution in [1.29, 1.82) is 0 Å². The Bertz CT molecular complexity index is 303. The minimum Gasteiger partial charge on any atom is -0.507 e. The van der Waals surface area contributed by atoms with Gasteiger partial charge in [0.05, 0.1) is 0 Å². The van der Waals surface area contributed by atoms with Gasteiger partial charge in [0, 0.05) is 5.56 Å². The number of phenolic OH excluding ortho intramolecular Hbond substituents is 2. The first-order valence-electron chi connectivity index (χ1n) is 4.09. The molecule has 0 fully saturated rings. The molecule has 0 aromatic heterocycles. The molecule has 0 aliphatic carbocycles. The summed E-state index contributed by atoms with van der Waals surface area (Å²) in [6.45, 7) is 5.53. The molecule has 0 aliphatic heterocycles. The zero-order valence-electron chi connectivity index (χ0n) is 7.68. The molecule has 0 heterocycles. The minimum atomic E-state index is 0.199. The van der Waals surface area contributed by atoms with Crippen LogP contribution in [0.5, 0.6) is 11.5 Å². The number of rotatable bonds is 1. The van der Waals surface area contributed by atoms with E-state index in [4.69, 9.17) is 0 Å². The lowest BCUT2D eigenvalue weighted by Crippen LogP contribution is -1.88. The Balaban J connectivity index is 3.39. The molecule has 1 rings (SSSR count). The van der Waals surface area contributed by atoms with Crippen molar-refractivity contribution in [3.05, 3.63) is 22.8 Å². The SMILES string of the molecule is CCc1cc(C)c(O)c(C)c1O. The van der Waals surface area contributed by atoms with Crippen LogP contribution in [0.1, 0.15) is 23.6 Å². The fourth-order valence-corrected chi connectivity index (χ4v) is 1.32. The van der Waals surface area contributed by atoms with E-state index in [0.717, 1.165) is 17.5 Å². The van der Waals surface area contributed by atoms with Crippen LogP contribution in [0.15, 0.2) is 6.07 Å². The highest BCUT2D eigenvalue weighted by molar-refractivity contribution is 5.51. The molecule has 0 unspecified atom stereocenters. The van der Waals surface area contributed by atoms with Gasteiger partial charge in [0.15, 0.2) is 0 Å². The monoisotopic (exact) mass is 166 g/mol. The highest BCUT2D eigenvalue weighted by atomic mass is 16.3. The average Bonchev–Trinajstić information content (AvgIpc) is 2.08. The lowest BCUT2D eigenvalue weighted by molar-refractivity contribution is 0.436. The van der Waals surface area contributed by atoms with E-state index in [-0.39, 0.29) is 11.5 Å². The molecule has 0 spiro atoms. The Morgan fingerprint density at radius 1 is 1.17 bits per heavy atom. The third-order valence-corrected chi connectivity index (χ3v) is 2.16. The van der Waals surface area contributed by atoms with Crippen LogP contribution in [0.25, 0.3) is 0 Å². The predicted octanol–water partition coefficient (Wildman–Crippen LogP) is 2.28. The molecule has 0 saturated heterocycles. The van der Waals surface area contributed by atoms with E-state index in [2.05, 4.69) is 0 Å². The van der Waals surface area contributed by atoms with Gasteiger partial charge in [-0.2, -0.15) is 0 Å². The standard InChI is InChI=1S/C10H14O2/c1-4-8-5-6(2)9(11)7(3)10(8)12/h5,11-12H,4H2,1-3H3. The molecule has 0 bridgehead atoms. The van der Waals surface area contributed by atoms with Gasteiger partial charge in [0.2, 0.25) is 0 Å². The van der Waals surface area contributed by atoms with Crippen LogP contribution in [0.2, 0.25) is 0 Å². The van der Waals surface area contributed by atoms with Gasteiger partial charge >= 0.3 is 0 Å². The summed E-state index contributed by atoms with van der Waals surface area (Å²) in [4.78, 5) is 0. The summed E-state index contributed by atoms with van der Waals surface area (Å²) < 4.78 is 0. The van der Waals surface area contributed by atoms with Gasteiger partial charge in [-0.1, -0.05) is 6.92 Å². The van der Waals surface area contributed by atoms with E-state index >= 15 is 0 Å². The van der Waals surface area contributed by atoms with Gasteiger partial charge in [0.1, 0.15) is 11.5 Å². The molecule has 0 atom stereocenters. The normalized spacial score (nSPS) is 10.2. The molecule has 0 aliphatic rings. The summed E-state index contributed by atoms with van der Waals surface area (Å²) in [6.07, 6.45) is 0.786. The second-order valence-electron chi connectivity index (χ2n) is 3.03. The van der Waals surface area contributed by atoms with Gasteiger partial charge in [-0.3, -0.25) is 0 Å². The van der Waals surface area contributed by atoms with Crippen LogP contribution in [0, 0.1) is 13.8 Å². The Kier molecular flexibility index (Phi) is 2.27. The number of aromatic hydroxyl groups is 2. The Hall–Kier alpha value is -1.18. The maximum absolute atomic E-state index is 9.54. The van der Waals surface area contributed by atoms with Gasteiger partial charge in [-0.15, -0.1) is 0 Å². The third-order valence-electron chi connectivity index (χ3n) is 2.16. The Labute approximate surface area is 72.5 Å². The summed E-state index contributed by atoms with van der Waals surface area (Å²) in [7, 11) is 0. The number of phenols is 2. The smallest absolute Gasteiger partial charge is 0.125 e. The van der Waals surface area contributed by atoms with E-state index in [0.29, 0.717) is 5.56 Å². The molecule has 2 nitrogen and oxygen atoms in total. The lowest BCUT2D eigenvalue weighted by Gasteiger charge is -2.09. The highest BCUT2D eigenvalue weighted by Crippen LogP contribution is 2.32. The lowest BCUT2D eigenvalue weighted by atomic mass is 10.0. The van der Waals surface area contributed by atoms with Gasteiger partial charge in [-0.25, -0.2) is 0 Å². The molecule has 0 saturated carbocycles. The summed E-state index contributed by atoms with van der Waals surface area (Å²) in [6, 6.07) is 1.82. The molecule has 0 amide bonds. The Morgan fingerprint density at radius 2 is 1.75 bits per heavy atom. The zero-order valence-corrected chi connectivity index (χ0v) is 7.68. The molecule has 1 aromatic carbocycles. The number of aryl methyl sites for hydroxylation is 2. The largest absolute Gasteiger partial charge is 0.507 e. The van der Waals surface area contributed by atoms with Crippen LogP contribution in [-0.4, -0.2) is 10.2 Å². The number of benzene rings is 1. The fraction of sp³-hybridized carbons (Fsp3) is 0.400. The van der Waals surface area contributed by atoms with Crippen LogP contribution < -0.4 is 0 Å². The summed E-state index contributed by atoms with van der Waals surface area (Å²) in [5.74, 6) is 0.422. The van der Waals surface area contributed by atoms with Crippen LogP contribution in [0.4, 0.5) is 0 Å². The van der Waals surface area contributed by atoms with E-state index in [9.17, 15) is 10.2 Å². The molecule has 1 aromatic rings. The van der Waals surface area contributed by atoms with E-state index in [1.54, 1.807) is 6.92 Å². The van der Waals surface area contributed by atoms with E-state index in [1.165, 1.54) is 0 Å². The van der Waals surface area contributed by atoms with Gasteiger partial charge < -0.3 is 10.2 Å². The van der Waals surface area contributed by atoms with Gasteiger partial charge in [0.25, 0.3) is 0 Å². The van der Waals surface area contributed by atoms with Gasteiger partial charge in [-0.05, 0) is 37.5 Å². The zero-order chi connectivity index (χ0) is 9.30. The first-order valence-corrected chi connectivity index (χ1v) is 4.09. The first-order chi connectivity index (χ1) is 5.57. The summed E-state index contributed by atoms with van der Waals surface area (Å²) >= 11 is 0. The number of hydrogen-bond donors (Lipinski definition) is 2. The molecule has 2 N–H and O–H groups in total. The molecule has 12 heavy (non-hydrogen) atoms. The van der Waals surface area contributed by atoms with Crippen molar-refractivity contribution >= 4 is 0 Å². The minimum absolute atomic E-state index is 0.199. The maximum atomic E-state index is 9.54. The average molecular weight is 166 g/mol. The third kappa shape index (κ3) is 1.24. The number of hydrogen-bond acceptors (Lipinski definition) is 2. The first kappa shape index (κ1) is 8.91. The topological polar surface area (TPSA) is 40.5 Å². The van der Waals surface area contributed by atoms with Crippen LogP contribution >= 0.6 is 0 Å². The van der Waals surface area contributed by atoms with Crippen molar-refractivity contribution in [1.82, 2.24) is 0 Å². The quantitative estimate of drug-likeness (QED) is 0.672. The highest BCUT2D eigenvalue weighted by Gasteiger charge is 2.09. The molecular weight excluding hydrogens is 152 g/mol. The van der Waals surface area contributed by atoms with Crippen molar-refractivity contribution < 1.29 is 10.2 Å². The summed E-state index contributed by atoms with van der Waals surface area (Å²) in [5.41, 5.74) is 2.29.